The molecule has 0 radical (unpaired) electrons. The highest BCUT2D eigenvalue weighted by molar-refractivity contribution is 5.89. The van der Waals surface area contributed by atoms with Crippen molar-refractivity contribution in [2.45, 2.75) is 32.2 Å². The summed E-state index contributed by atoms with van der Waals surface area (Å²) >= 11 is 0. The molecule has 0 spiro atoms. The molecule has 0 unspecified atom stereocenters. The van der Waals surface area contributed by atoms with Crippen LogP contribution >= 0.6 is 0 Å². The number of hydrogen-bond donors (Lipinski definition) is 0. The number of carbonyl (C=O) groups is 2. The molecule has 1 aliphatic heterocycles. The minimum atomic E-state index is -0.516. The van der Waals surface area contributed by atoms with E-state index in [4.69, 9.17) is 14.2 Å². The van der Waals surface area contributed by atoms with Gasteiger partial charge in [0.15, 0.2) is 0 Å². The van der Waals surface area contributed by atoms with E-state index in [1.54, 1.807) is 24.3 Å². The average Bonchev–Trinajstić information content (AvgIpc) is 2.84. The van der Waals surface area contributed by atoms with Gasteiger partial charge in [0, 0.05) is 13.3 Å². The lowest BCUT2D eigenvalue weighted by Gasteiger charge is -2.13. The van der Waals surface area contributed by atoms with Crippen LogP contribution in [-0.2, 0) is 19.0 Å². The molecule has 5 nitrogen and oxygen atoms in total. The lowest BCUT2D eigenvalue weighted by molar-refractivity contribution is -0.174. The van der Waals surface area contributed by atoms with Crippen molar-refractivity contribution in [1.29, 1.82) is 0 Å². The Morgan fingerprint density at radius 3 is 2.68 bits per heavy atom. The van der Waals surface area contributed by atoms with Crippen LogP contribution in [0.15, 0.2) is 30.3 Å². The van der Waals surface area contributed by atoms with Crippen molar-refractivity contribution in [2.24, 2.45) is 0 Å². The highest BCUT2D eigenvalue weighted by Gasteiger charge is 2.28. The summed E-state index contributed by atoms with van der Waals surface area (Å²) in [4.78, 5) is 22.5. The molecule has 0 aliphatic carbocycles. The van der Waals surface area contributed by atoms with Gasteiger partial charge in [-0.05, 0) is 18.6 Å². The maximum absolute atomic E-state index is 11.7. The molecule has 19 heavy (non-hydrogen) atoms. The van der Waals surface area contributed by atoms with Gasteiger partial charge in [-0.15, -0.1) is 0 Å². The zero-order chi connectivity index (χ0) is 13.7. The Hall–Kier alpha value is -1.88. The van der Waals surface area contributed by atoms with Crippen LogP contribution in [0.25, 0.3) is 0 Å². The van der Waals surface area contributed by atoms with Crippen LogP contribution in [0.2, 0.25) is 0 Å². The Kier molecular flexibility index (Phi) is 4.52. The van der Waals surface area contributed by atoms with E-state index in [0.717, 1.165) is 0 Å². The molecule has 2 atom stereocenters. The van der Waals surface area contributed by atoms with Crippen LogP contribution in [0.3, 0.4) is 0 Å². The maximum atomic E-state index is 11.7. The van der Waals surface area contributed by atoms with Crippen molar-refractivity contribution in [2.75, 3.05) is 6.61 Å². The topological polar surface area (TPSA) is 61.8 Å². The second-order valence-electron chi connectivity index (χ2n) is 4.34. The molecule has 102 valence electrons. The smallest absolute Gasteiger partial charge is 0.338 e. The third-order valence-corrected chi connectivity index (χ3v) is 2.78. The predicted molar refractivity (Wildman–Crippen MR) is 66.4 cm³/mol. The highest BCUT2D eigenvalue weighted by Crippen LogP contribution is 2.21. The van der Waals surface area contributed by atoms with Crippen molar-refractivity contribution < 1.29 is 23.8 Å². The van der Waals surface area contributed by atoms with Crippen molar-refractivity contribution in [1.82, 2.24) is 0 Å². The number of benzene rings is 1. The van der Waals surface area contributed by atoms with E-state index in [9.17, 15) is 9.59 Å². The van der Waals surface area contributed by atoms with Crippen LogP contribution in [0.5, 0.6) is 0 Å². The summed E-state index contributed by atoms with van der Waals surface area (Å²) in [5, 5.41) is 0. The van der Waals surface area contributed by atoms with Gasteiger partial charge in [0.2, 0.25) is 6.29 Å². The van der Waals surface area contributed by atoms with E-state index in [1.165, 1.54) is 6.92 Å². The first-order valence-corrected chi connectivity index (χ1v) is 6.20. The summed E-state index contributed by atoms with van der Waals surface area (Å²) in [6.45, 7) is 1.51. The second kappa shape index (κ2) is 6.33. The summed E-state index contributed by atoms with van der Waals surface area (Å²) in [5.41, 5.74) is 0.511. The summed E-state index contributed by atoms with van der Waals surface area (Å²) in [5.74, 6) is -0.743. The molecule has 0 saturated carbocycles. The monoisotopic (exact) mass is 264 g/mol. The zero-order valence-electron chi connectivity index (χ0n) is 10.7. The molecule has 1 aliphatic rings. The SMILES string of the molecule is CC(=O)O[C@H]1CC[C@@H](COC(=O)c2ccccc2)O1. The average molecular weight is 264 g/mol. The third-order valence-electron chi connectivity index (χ3n) is 2.78. The van der Waals surface area contributed by atoms with E-state index in [2.05, 4.69) is 0 Å². The first-order chi connectivity index (χ1) is 9.15. The van der Waals surface area contributed by atoms with E-state index in [1.807, 2.05) is 6.07 Å². The van der Waals surface area contributed by atoms with Crippen molar-refractivity contribution in [3.8, 4) is 0 Å². The molecule has 0 amide bonds. The van der Waals surface area contributed by atoms with E-state index in [0.29, 0.717) is 18.4 Å². The molecule has 1 aromatic rings. The standard InChI is InChI=1S/C14H16O5/c1-10(15)18-13-8-7-12(19-13)9-17-14(16)11-5-3-2-4-6-11/h2-6,12-13H,7-9H2,1H3/t12-,13+/m0/s1. The first-order valence-electron chi connectivity index (χ1n) is 6.20. The summed E-state index contributed by atoms with van der Waals surface area (Å²) in [7, 11) is 0. The molecule has 5 heteroatoms. The van der Waals surface area contributed by atoms with Crippen molar-refractivity contribution in [3.63, 3.8) is 0 Å². The number of ether oxygens (including phenoxy) is 3. The molecule has 1 aromatic carbocycles. The van der Waals surface area contributed by atoms with E-state index < -0.39 is 6.29 Å². The highest BCUT2D eigenvalue weighted by atomic mass is 16.7. The van der Waals surface area contributed by atoms with Gasteiger partial charge in [0.25, 0.3) is 0 Å². The largest absolute Gasteiger partial charge is 0.459 e. The van der Waals surface area contributed by atoms with Crippen molar-refractivity contribution in [3.05, 3.63) is 35.9 Å². The minimum Gasteiger partial charge on any atom is -0.459 e. The molecule has 2 rings (SSSR count). The summed E-state index contributed by atoms with van der Waals surface area (Å²) in [6, 6.07) is 8.78. The number of esters is 2. The number of carbonyl (C=O) groups excluding carboxylic acids is 2. The van der Waals surface area contributed by atoms with Crippen LogP contribution in [-0.4, -0.2) is 30.9 Å². The van der Waals surface area contributed by atoms with Crippen LogP contribution in [0.1, 0.15) is 30.1 Å². The van der Waals surface area contributed by atoms with Gasteiger partial charge in [-0.25, -0.2) is 4.79 Å². The van der Waals surface area contributed by atoms with Crippen LogP contribution < -0.4 is 0 Å². The number of rotatable bonds is 4. The van der Waals surface area contributed by atoms with Gasteiger partial charge in [-0.1, -0.05) is 18.2 Å². The quantitative estimate of drug-likeness (QED) is 0.777. The molecular weight excluding hydrogens is 248 g/mol. The molecule has 0 N–H and O–H groups in total. The Morgan fingerprint density at radius 2 is 2.00 bits per heavy atom. The first kappa shape index (κ1) is 13.5. The molecule has 1 fully saturated rings. The maximum Gasteiger partial charge on any atom is 0.338 e. The van der Waals surface area contributed by atoms with Crippen LogP contribution in [0.4, 0.5) is 0 Å². The third kappa shape index (κ3) is 4.06. The van der Waals surface area contributed by atoms with E-state index in [-0.39, 0.29) is 24.6 Å². The zero-order valence-corrected chi connectivity index (χ0v) is 10.7. The van der Waals surface area contributed by atoms with Gasteiger partial charge in [0.1, 0.15) is 6.61 Å². The normalized spacial score (nSPS) is 21.9. The van der Waals surface area contributed by atoms with Gasteiger partial charge < -0.3 is 14.2 Å². The molecule has 0 bridgehead atoms. The van der Waals surface area contributed by atoms with E-state index >= 15 is 0 Å². The Labute approximate surface area is 111 Å². The van der Waals surface area contributed by atoms with Gasteiger partial charge >= 0.3 is 11.9 Å². The molecule has 1 saturated heterocycles. The lowest BCUT2D eigenvalue weighted by Crippen LogP contribution is -2.21. The van der Waals surface area contributed by atoms with Gasteiger partial charge in [-0.2, -0.15) is 0 Å². The molecule has 0 aromatic heterocycles. The fourth-order valence-electron chi connectivity index (χ4n) is 1.89. The fourth-order valence-corrected chi connectivity index (χ4v) is 1.89. The van der Waals surface area contributed by atoms with Crippen molar-refractivity contribution >= 4 is 11.9 Å². The van der Waals surface area contributed by atoms with Gasteiger partial charge in [-0.3, -0.25) is 4.79 Å². The van der Waals surface area contributed by atoms with Gasteiger partial charge in [0.05, 0.1) is 11.7 Å². The Bertz CT molecular complexity index is 442. The summed E-state index contributed by atoms with van der Waals surface area (Å²) in [6.07, 6.45) is 0.614. The fraction of sp³-hybridized carbons (Fsp3) is 0.429. The second-order valence-corrected chi connectivity index (χ2v) is 4.34. The Morgan fingerprint density at radius 1 is 1.26 bits per heavy atom. The predicted octanol–water partition coefficient (Wildman–Crippen LogP) is 1.91. The lowest BCUT2D eigenvalue weighted by atomic mass is 10.2. The summed E-state index contributed by atoms with van der Waals surface area (Å²) < 4.78 is 15.5. The van der Waals surface area contributed by atoms with Crippen LogP contribution in [0, 0.1) is 0 Å². The molecular formula is C14H16O5. The Balaban J connectivity index is 1.75. The minimum absolute atomic E-state index is 0.172. The number of hydrogen-bond acceptors (Lipinski definition) is 5. The molecule has 1 heterocycles.